The van der Waals surface area contributed by atoms with Crippen LogP contribution in [0.4, 0.5) is 0 Å². The number of hydrogen-bond acceptors (Lipinski definition) is 2. The van der Waals surface area contributed by atoms with Crippen LogP contribution < -0.4 is 11.1 Å². The third kappa shape index (κ3) is 3.96. The van der Waals surface area contributed by atoms with Crippen molar-refractivity contribution in [1.29, 1.82) is 0 Å². The molecule has 1 aliphatic heterocycles. The summed E-state index contributed by atoms with van der Waals surface area (Å²) in [7, 11) is 0. The molecule has 5 heteroatoms. The second-order valence-corrected chi connectivity index (χ2v) is 4.64. The second kappa shape index (κ2) is 6.68. The summed E-state index contributed by atoms with van der Waals surface area (Å²) >= 11 is 5.29. The quantitative estimate of drug-likeness (QED) is 0.568. The van der Waals surface area contributed by atoms with Gasteiger partial charge < -0.3 is 16.0 Å². The number of rotatable bonds is 4. The fourth-order valence-corrected chi connectivity index (χ4v) is 2.14. The van der Waals surface area contributed by atoms with Gasteiger partial charge in [0.1, 0.15) is 0 Å². The van der Waals surface area contributed by atoms with Gasteiger partial charge in [0.25, 0.3) is 0 Å². The zero-order valence-corrected chi connectivity index (χ0v) is 10.7. The SMILES string of the molecule is CCCCNC(=S)N1CCC(C(N)=O)CC1. The molecule has 0 spiro atoms. The highest BCUT2D eigenvalue weighted by Crippen LogP contribution is 2.16. The molecule has 1 heterocycles. The Bertz CT molecular complexity index is 250. The molecular weight excluding hydrogens is 222 g/mol. The number of unbranched alkanes of at least 4 members (excludes halogenated alkanes) is 1. The molecule has 0 aromatic heterocycles. The Balaban J connectivity index is 2.25. The summed E-state index contributed by atoms with van der Waals surface area (Å²) in [6.07, 6.45) is 3.95. The Hall–Kier alpha value is -0.840. The summed E-state index contributed by atoms with van der Waals surface area (Å²) in [6.45, 7) is 4.77. The summed E-state index contributed by atoms with van der Waals surface area (Å²) in [6, 6.07) is 0. The number of nitrogens with two attached hydrogens (primary N) is 1. The van der Waals surface area contributed by atoms with Crippen molar-refractivity contribution < 1.29 is 4.79 Å². The minimum Gasteiger partial charge on any atom is -0.369 e. The molecule has 0 aliphatic carbocycles. The van der Waals surface area contributed by atoms with E-state index in [2.05, 4.69) is 17.1 Å². The number of primary amides is 1. The van der Waals surface area contributed by atoms with Crippen molar-refractivity contribution in [2.45, 2.75) is 32.6 Å². The van der Waals surface area contributed by atoms with E-state index in [0.717, 1.165) is 44.0 Å². The third-order valence-electron chi connectivity index (χ3n) is 2.99. The average Bonchev–Trinajstić information content (AvgIpc) is 2.29. The van der Waals surface area contributed by atoms with E-state index in [-0.39, 0.29) is 11.8 Å². The number of likely N-dealkylation sites (tertiary alicyclic amines) is 1. The monoisotopic (exact) mass is 243 g/mol. The van der Waals surface area contributed by atoms with E-state index in [9.17, 15) is 4.79 Å². The van der Waals surface area contributed by atoms with Gasteiger partial charge in [0.2, 0.25) is 5.91 Å². The largest absolute Gasteiger partial charge is 0.369 e. The Morgan fingerprint density at radius 1 is 1.50 bits per heavy atom. The van der Waals surface area contributed by atoms with Crippen LogP contribution >= 0.6 is 12.2 Å². The minimum absolute atomic E-state index is 0.0368. The van der Waals surface area contributed by atoms with Crippen LogP contribution in [-0.2, 0) is 4.79 Å². The number of amides is 1. The molecule has 1 aliphatic rings. The molecule has 0 saturated carbocycles. The zero-order chi connectivity index (χ0) is 12.0. The highest BCUT2D eigenvalue weighted by Gasteiger charge is 2.23. The third-order valence-corrected chi connectivity index (χ3v) is 3.39. The lowest BCUT2D eigenvalue weighted by Gasteiger charge is -2.32. The molecule has 92 valence electrons. The molecule has 4 nitrogen and oxygen atoms in total. The van der Waals surface area contributed by atoms with Gasteiger partial charge in [-0.1, -0.05) is 13.3 Å². The Morgan fingerprint density at radius 2 is 2.12 bits per heavy atom. The van der Waals surface area contributed by atoms with Gasteiger partial charge in [0.15, 0.2) is 5.11 Å². The van der Waals surface area contributed by atoms with Gasteiger partial charge in [0.05, 0.1) is 0 Å². The highest BCUT2D eigenvalue weighted by molar-refractivity contribution is 7.80. The van der Waals surface area contributed by atoms with Crippen LogP contribution in [0.2, 0.25) is 0 Å². The molecule has 0 unspecified atom stereocenters. The predicted molar refractivity (Wildman–Crippen MR) is 69.0 cm³/mol. The van der Waals surface area contributed by atoms with E-state index in [1.165, 1.54) is 6.42 Å². The number of hydrogen-bond donors (Lipinski definition) is 2. The van der Waals surface area contributed by atoms with Gasteiger partial charge in [-0.05, 0) is 31.5 Å². The zero-order valence-electron chi connectivity index (χ0n) is 9.87. The number of carbonyl (C=O) groups excluding carboxylic acids is 1. The van der Waals surface area contributed by atoms with Crippen LogP contribution in [0, 0.1) is 5.92 Å². The first-order valence-electron chi connectivity index (χ1n) is 5.97. The summed E-state index contributed by atoms with van der Waals surface area (Å²) in [5.74, 6) is -0.140. The van der Waals surface area contributed by atoms with E-state index in [1.807, 2.05) is 0 Å². The minimum atomic E-state index is -0.176. The summed E-state index contributed by atoms with van der Waals surface area (Å²) in [5, 5.41) is 4.05. The molecule has 0 aromatic carbocycles. The molecule has 1 amide bonds. The lowest BCUT2D eigenvalue weighted by molar-refractivity contribution is -0.122. The van der Waals surface area contributed by atoms with Gasteiger partial charge in [-0.3, -0.25) is 4.79 Å². The average molecular weight is 243 g/mol. The van der Waals surface area contributed by atoms with Crippen molar-refractivity contribution >= 4 is 23.2 Å². The molecule has 0 radical (unpaired) electrons. The summed E-state index contributed by atoms with van der Waals surface area (Å²) in [5.41, 5.74) is 5.28. The fraction of sp³-hybridized carbons (Fsp3) is 0.818. The van der Waals surface area contributed by atoms with E-state index >= 15 is 0 Å². The van der Waals surface area contributed by atoms with Gasteiger partial charge in [-0.15, -0.1) is 0 Å². The van der Waals surface area contributed by atoms with Gasteiger partial charge in [-0.25, -0.2) is 0 Å². The number of thiocarbonyl (C=S) groups is 1. The van der Waals surface area contributed by atoms with Crippen molar-refractivity contribution in [1.82, 2.24) is 10.2 Å². The molecule has 16 heavy (non-hydrogen) atoms. The Morgan fingerprint density at radius 3 is 2.62 bits per heavy atom. The van der Waals surface area contributed by atoms with Crippen LogP contribution in [0.1, 0.15) is 32.6 Å². The number of nitrogens with one attached hydrogen (secondary N) is 1. The maximum Gasteiger partial charge on any atom is 0.220 e. The number of nitrogens with zero attached hydrogens (tertiary/aromatic N) is 1. The van der Waals surface area contributed by atoms with Crippen LogP contribution in [0.5, 0.6) is 0 Å². The maximum atomic E-state index is 11.0. The van der Waals surface area contributed by atoms with Crippen LogP contribution in [-0.4, -0.2) is 35.6 Å². The van der Waals surface area contributed by atoms with Crippen molar-refractivity contribution in [3.63, 3.8) is 0 Å². The Labute approximate surface area is 103 Å². The van der Waals surface area contributed by atoms with E-state index in [0.29, 0.717) is 0 Å². The molecule has 1 rings (SSSR count). The molecule has 0 atom stereocenters. The van der Waals surface area contributed by atoms with E-state index in [4.69, 9.17) is 18.0 Å². The second-order valence-electron chi connectivity index (χ2n) is 4.25. The number of carbonyl (C=O) groups is 1. The topological polar surface area (TPSA) is 58.4 Å². The fourth-order valence-electron chi connectivity index (χ4n) is 1.85. The first-order valence-corrected chi connectivity index (χ1v) is 6.38. The molecular formula is C11H21N3OS. The molecule has 0 bridgehead atoms. The molecule has 3 N–H and O–H groups in total. The summed E-state index contributed by atoms with van der Waals surface area (Å²) < 4.78 is 0. The lowest BCUT2D eigenvalue weighted by atomic mass is 9.97. The molecule has 1 saturated heterocycles. The van der Waals surface area contributed by atoms with Crippen molar-refractivity contribution in [3.05, 3.63) is 0 Å². The number of piperidine rings is 1. The normalized spacial score (nSPS) is 17.2. The van der Waals surface area contributed by atoms with E-state index < -0.39 is 0 Å². The summed E-state index contributed by atoms with van der Waals surface area (Å²) in [4.78, 5) is 13.1. The van der Waals surface area contributed by atoms with Crippen molar-refractivity contribution in [2.75, 3.05) is 19.6 Å². The molecule has 1 fully saturated rings. The van der Waals surface area contributed by atoms with Crippen molar-refractivity contribution in [3.8, 4) is 0 Å². The first-order chi connectivity index (χ1) is 7.65. The first kappa shape index (κ1) is 13.2. The highest BCUT2D eigenvalue weighted by atomic mass is 32.1. The lowest BCUT2D eigenvalue weighted by Crippen LogP contribution is -2.46. The van der Waals surface area contributed by atoms with E-state index in [1.54, 1.807) is 0 Å². The standard InChI is InChI=1S/C11H21N3OS/c1-2-3-6-13-11(16)14-7-4-9(5-8-14)10(12)15/h9H,2-8H2,1H3,(H2,12,15)(H,13,16). The molecule has 0 aromatic rings. The van der Waals surface area contributed by atoms with Gasteiger partial charge in [0, 0.05) is 25.6 Å². The predicted octanol–water partition coefficient (Wildman–Crippen LogP) is 0.858. The Kier molecular flexibility index (Phi) is 5.52. The van der Waals surface area contributed by atoms with Crippen LogP contribution in [0.3, 0.4) is 0 Å². The van der Waals surface area contributed by atoms with Crippen LogP contribution in [0.15, 0.2) is 0 Å². The maximum absolute atomic E-state index is 11.0. The van der Waals surface area contributed by atoms with Crippen LogP contribution in [0.25, 0.3) is 0 Å². The van der Waals surface area contributed by atoms with Crippen molar-refractivity contribution in [2.24, 2.45) is 11.7 Å². The van der Waals surface area contributed by atoms with Gasteiger partial charge >= 0.3 is 0 Å². The van der Waals surface area contributed by atoms with Gasteiger partial charge in [-0.2, -0.15) is 0 Å². The smallest absolute Gasteiger partial charge is 0.220 e.